The quantitative estimate of drug-likeness (QED) is 0.920. The monoisotopic (exact) mass is 350 g/mol. The maximum atomic E-state index is 12.1. The number of nitrogens with two attached hydrogens (primary N) is 1. The van der Waals surface area contributed by atoms with Gasteiger partial charge >= 0.3 is 0 Å². The van der Waals surface area contributed by atoms with Crippen LogP contribution in [0.1, 0.15) is 15.9 Å². The van der Waals surface area contributed by atoms with Gasteiger partial charge in [0, 0.05) is 25.9 Å². The van der Waals surface area contributed by atoms with E-state index < -0.39 is 6.17 Å². The zero-order valence-corrected chi connectivity index (χ0v) is 15.1. The molecule has 0 saturated carbocycles. The molecule has 0 radical (unpaired) electrons. The normalized spacial score (nSPS) is 16.2. The standard InChI is InChI=1S/C20H22N4O2/c1-23(2)20(25)15-10-8-14(9-11-15)17-12-22-13-19(21)24(17)16-6-4-5-7-18(16)26-3/h4-13,19H,21H2,1-3H3. The molecule has 0 aromatic heterocycles. The summed E-state index contributed by atoms with van der Waals surface area (Å²) in [4.78, 5) is 19.9. The Hall–Kier alpha value is -3.12. The van der Waals surface area contributed by atoms with E-state index >= 15 is 0 Å². The Balaban J connectivity index is 2.00. The number of carbonyl (C=O) groups is 1. The molecule has 1 heterocycles. The average Bonchev–Trinajstić information content (AvgIpc) is 2.67. The molecule has 2 aromatic rings. The van der Waals surface area contributed by atoms with Gasteiger partial charge in [0.05, 0.1) is 24.7 Å². The van der Waals surface area contributed by atoms with Crippen LogP contribution in [0, 0.1) is 0 Å². The molecular formula is C20H22N4O2. The molecule has 1 unspecified atom stereocenters. The molecule has 0 spiro atoms. The predicted molar refractivity (Wildman–Crippen MR) is 104 cm³/mol. The van der Waals surface area contributed by atoms with E-state index in [1.54, 1.807) is 38.5 Å². The van der Waals surface area contributed by atoms with E-state index in [1.807, 2.05) is 53.4 Å². The number of hydrogen-bond acceptors (Lipinski definition) is 5. The molecule has 26 heavy (non-hydrogen) atoms. The fraction of sp³-hybridized carbons (Fsp3) is 0.200. The third kappa shape index (κ3) is 3.32. The van der Waals surface area contributed by atoms with Crippen molar-refractivity contribution in [2.45, 2.75) is 6.17 Å². The lowest BCUT2D eigenvalue weighted by atomic mass is 10.1. The molecule has 6 nitrogen and oxygen atoms in total. The minimum atomic E-state index is -0.422. The van der Waals surface area contributed by atoms with E-state index in [2.05, 4.69) is 4.99 Å². The Morgan fingerprint density at radius 2 is 1.85 bits per heavy atom. The third-order valence-corrected chi connectivity index (χ3v) is 4.17. The Bertz CT molecular complexity index is 856. The van der Waals surface area contributed by atoms with Crippen LogP contribution in [0.5, 0.6) is 5.75 Å². The Morgan fingerprint density at radius 1 is 1.15 bits per heavy atom. The van der Waals surface area contributed by atoms with Gasteiger partial charge in [0.15, 0.2) is 0 Å². The van der Waals surface area contributed by atoms with Crippen LogP contribution in [0.4, 0.5) is 5.69 Å². The molecule has 3 rings (SSSR count). The lowest BCUT2D eigenvalue weighted by Crippen LogP contribution is -2.43. The van der Waals surface area contributed by atoms with E-state index in [0.29, 0.717) is 5.56 Å². The molecule has 6 heteroatoms. The second-order valence-corrected chi connectivity index (χ2v) is 6.12. The topological polar surface area (TPSA) is 71.2 Å². The summed E-state index contributed by atoms with van der Waals surface area (Å²) < 4.78 is 5.49. The Labute approximate surface area is 153 Å². The predicted octanol–water partition coefficient (Wildman–Crippen LogP) is 2.57. The molecule has 2 N–H and O–H groups in total. The van der Waals surface area contributed by atoms with Crippen molar-refractivity contribution in [3.63, 3.8) is 0 Å². The number of aliphatic imine (C=N–C) groups is 1. The molecule has 0 fully saturated rings. The molecule has 1 aliphatic heterocycles. The summed E-state index contributed by atoms with van der Waals surface area (Å²) in [6.07, 6.45) is 3.02. The van der Waals surface area contributed by atoms with E-state index in [9.17, 15) is 4.79 Å². The number of rotatable bonds is 4. The highest BCUT2D eigenvalue weighted by Gasteiger charge is 2.24. The minimum absolute atomic E-state index is 0.0366. The molecule has 1 aliphatic rings. The molecule has 0 saturated heterocycles. The Morgan fingerprint density at radius 3 is 2.50 bits per heavy atom. The molecule has 1 atom stereocenters. The molecule has 1 amide bonds. The van der Waals surface area contributed by atoms with Crippen LogP contribution < -0.4 is 15.4 Å². The second kappa shape index (κ2) is 7.41. The number of anilines is 1. The number of nitrogens with zero attached hydrogens (tertiary/aromatic N) is 3. The van der Waals surface area contributed by atoms with Gasteiger partial charge in [0.25, 0.3) is 5.91 Å². The number of carbonyl (C=O) groups excluding carboxylic acids is 1. The van der Waals surface area contributed by atoms with Gasteiger partial charge < -0.3 is 20.3 Å². The van der Waals surface area contributed by atoms with Gasteiger partial charge in [-0.05, 0) is 29.8 Å². The van der Waals surface area contributed by atoms with Gasteiger partial charge in [-0.3, -0.25) is 9.79 Å². The zero-order valence-electron chi connectivity index (χ0n) is 15.1. The van der Waals surface area contributed by atoms with Gasteiger partial charge in [-0.2, -0.15) is 0 Å². The van der Waals surface area contributed by atoms with E-state index in [0.717, 1.165) is 22.7 Å². The van der Waals surface area contributed by atoms with Crippen LogP contribution in [0.15, 0.2) is 59.7 Å². The summed E-state index contributed by atoms with van der Waals surface area (Å²) in [5, 5.41) is 0. The highest BCUT2D eigenvalue weighted by atomic mass is 16.5. The van der Waals surface area contributed by atoms with Crippen molar-refractivity contribution in [2.75, 3.05) is 26.1 Å². The SMILES string of the molecule is COc1ccccc1N1C(c2ccc(C(=O)N(C)C)cc2)=CN=CC1N. The summed E-state index contributed by atoms with van der Waals surface area (Å²) in [6.45, 7) is 0. The molecular weight excluding hydrogens is 328 g/mol. The number of hydrogen-bond donors (Lipinski definition) is 1. The van der Waals surface area contributed by atoms with Crippen molar-refractivity contribution < 1.29 is 9.53 Å². The third-order valence-electron chi connectivity index (χ3n) is 4.17. The summed E-state index contributed by atoms with van der Waals surface area (Å²) in [7, 11) is 5.10. The van der Waals surface area contributed by atoms with Crippen LogP contribution in [0.2, 0.25) is 0 Å². The first kappa shape index (κ1) is 17.7. The van der Waals surface area contributed by atoms with E-state index in [4.69, 9.17) is 10.5 Å². The van der Waals surface area contributed by atoms with Gasteiger partial charge in [-0.25, -0.2) is 0 Å². The van der Waals surface area contributed by atoms with Gasteiger partial charge in [-0.1, -0.05) is 24.3 Å². The minimum Gasteiger partial charge on any atom is -0.495 e. The largest absolute Gasteiger partial charge is 0.495 e. The highest BCUT2D eigenvalue weighted by Crippen LogP contribution is 2.35. The van der Waals surface area contributed by atoms with Gasteiger partial charge in [-0.15, -0.1) is 0 Å². The van der Waals surface area contributed by atoms with Crippen LogP contribution in [-0.4, -0.2) is 44.4 Å². The molecule has 2 aromatic carbocycles. The summed E-state index contributed by atoms with van der Waals surface area (Å²) in [6, 6.07) is 15.1. The number of amides is 1. The fourth-order valence-electron chi connectivity index (χ4n) is 2.87. The van der Waals surface area contributed by atoms with Crippen molar-refractivity contribution in [3.05, 3.63) is 65.9 Å². The number of para-hydroxylation sites is 2. The highest BCUT2D eigenvalue weighted by molar-refractivity contribution is 5.95. The van der Waals surface area contributed by atoms with Crippen molar-refractivity contribution in [2.24, 2.45) is 10.7 Å². The maximum absolute atomic E-state index is 12.1. The second-order valence-electron chi connectivity index (χ2n) is 6.12. The number of methoxy groups -OCH3 is 1. The smallest absolute Gasteiger partial charge is 0.253 e. The van der Waals surface area contributed by atoms with Gasteiger partial charge in [0.2, 0.25) is 0 Å². The molecule has 134 valence electrons. The molecule has 0 aliphatic carbocycles. The maximum Gasteiger partial charge on any atom is 0.253 e. The van der Waals surface area contributed by atoms with E-state index in [1.165, 1.54) is 0 Å². The van der Waals surface area contributed by atoms with Crippen molar-refractivity contribution in [1.29, 1.82) is 0 Å². The van der Waals surface area contributed by atoms with Crippen molar-refractivity contribution in [1.82, 2.24) is 4.90 Å². The lowest BCUT2D eigenvalue weighted by Gasteiger charge is -2.33. The zero-order chi connectivity index (χ0) is 18.7. The summed E-state index contributed by atoms with van der Waals surface area (Å²) >= 11 is 0. The number of ether oxygens (including phenoxy) is 1. The summed E-state index contributed by atoms with van der Waals surface area (Å²) in [5.41, 5.74) is 9.54. The average molecular weight is 350 g/mol. The van der Waals surface area contributed by atoms with Crippen molar-refractivity contribution >= 4 is 23.5 Å². The molecule has 0 bridgehead atoms. The first-order chi connectivity index (χ1) is 12.5. The van der Waals surface area contributed by atoms with Crippen LogP contribution in [0.25, 0.3) is 5.70 Å². The van der Waals surface area contributed by atoms with E-state index in [-0.39, 0.29) is 5.91 Å². The lowest BCUT2D eigenvalue weighted by molar-refractivity contribution is 0.0827. The fourth-order valence-corrected chi connectivity index (χ4v) is 2.87. The first-order valence-electron chi connectivity index (χ1n) is 8.26. The van der Waals surface area contributed by atoms with Crippen molar-refractivity contribution in [3.8, 4) is 5.75 Å². The summed E-state index contributed by atoms with van der Waals surface area (Å²) in [5.74, 6) is 0.689. The van der Waals surface area contributed by atoms with Crippen LogP contribution >= 0.6 is 0 Å². The number of benzene rings is 2. The van der Waals surface area contributed by atoms with Crippen LogP contribution in [-0.2, 0) is 0 Å². The first-order valence-corrected chi connectivity index (χ1v) is 8.26. The van der Waals surface area contributed by atoms with Crippen LogP contribution in [0.3, 0.4) is 0 Å². The van der Waals surface area contributed by atoms with Gasteiger partial charge in [0.1, 0.15) is 11.9 Å². The Kier molecular flexibility index (Phi) is 5.04.